The Hall–Kier alpha value is -1.78. The summed E-state index contributed by atoms with van der Waals surface area (Å²) in [5, 5.41) is 3.09. The van der Waals surface area contributed by atoms with Crippen LogP contribution in [0.1, 0.15) is 24.9 Å². The molecule has 1 heterocycles. The van der Waals surface area contributed by atoms with Crippen LogP contribution < -0.4 is 5.32 Å². The summed E-state index contributed by atoms with van der Waals surface area (Å²) in [4.78, 5) is 10.0. The van der Waals surface area contributed by atoms with Gasteiger partial charge in [-0.25, -0.2) is 14.4 Å². The molecule has 9 heteroatoms. The van der Waals surface area contributed by atoms with Crippen molar-refractivity contribution >= 4 is 29.9 Å². The highest BCUT2D eigenvalue weighted by atomic mass is 127. The average molecular weight is 467 g/mol. The van der Waals surface area contributed by atoms with Crippen LogP contribution in [0, 0.1) is 5.82 Å². The Kier molecular flexibility index (Phi) is 8.73. The fourth-order valence-electron chi connectivity index (χ4n) is 2.24. The molecule has 1 aromatic carbocycles. The van der Waals surface area contributed by atoms with E-state index in [4.69, 9.17) is 0 Å². The minimum Gasteiger partial charge on any atom is -0.357 e. The Morgan fingerprint density at radius 3 is 2.80 bits per heavy atom. The number of halogens is 4. The van der Waals surface area contributed by atoms with Gasteiger partial charge in [-0.2, -0.15) is 8.78 Å². The van der Waals surface area contributed by atoms with Crippen LogP contribution >= 0.6 is 24.0 Å². The lowest BCUT2D eigenvalue weighted by molar-refractivity contribution is 0.0671. The zero-order chi connectivity index (χ0) is 17.5. The van der Waals surface area contributed by atoms with Gasteiger partial charge in [-0.15, -0.1) is 24.0 Å². The Morgan fingerprint density at radius 2 is 2.16 bits per heavy atom. The number of hydrogen-bond acceptors (Lipinski definition) is 2. The molecule has 1 aromatic heterocycles. The summed E-state index contributed by atoms with van der Waals surface area (Å²) >= 11 is 0. The molecule has 0 bridgehead atoms. The number of guanidine groups is 1. The predicted molar refractivity (Wildman–Crippen MR) is 102 cm³/mol. The first-order valence-electron chi connectivity index (χ1n) is 7.55. The lowest BCUT2D eigenvalue weighted by Gasteiger charge is -2.22. The van der Waals surface area contributed by atoms with Crippen molar-refractivity contribution in [2.45, 2.75) is 26.6 Å². The SMILES string of the molecule is CCNC(=NCc1nccn1C(F)F)N(C)Cc1cccc(F)c1.I. The van der Waals surface area contributed by atoms with Gasteiger partial charge in [0.15, 0.2) is 5.96 Å². The summed E-state index contributed by atoms with van der Waals surface area (Å²) in [6.07, 6.45) is 2.54. The standard InChI is InChI=1S/C16H20F3N5.HI/c1-3-20-16(22-10-14-21-7-8-24(14)15(18)19)23(2)11-12-5-4-6-13(17)9-12;/h4-9,15H,3,10-11H2,1-2H3,(H,20,22);1H. The smallest absolute Gasteiger partial charge is 0.319 e. The number of rotatable bonds is 6. The van der Waals surface area contributed by atoms with Crippen molar-refractivity contribution in [1.82, 2.24) is 19.8 Å². The lowest BCUT2D eigenvalue weighted by atomic mass is 10.2. The zero-order valence-corrected chi connectivity index (χ0v) is 16.3. The van der Waals surface area contributed by atoms with E-state index in [-0.39, 0.29) is 42.2 Å². The first kappa shape index (κ1) is 21.3. The zero-order valence-electron chi connectivity index (χ0n) is 14.0. The largest absolute Gasteiger partial charge is 0.357 e. The first-order valence-corrected chi connectivity index (χ1v) is 7.55. The van der Waals surface area contributed by atoms with Crippen molar-refractivity contribution in [3.8, 4) is 0 Å². The van der Waals surface area contributed by atoms with Gasteiger partial charge in [-0.05, 0) is 24.6 Å². The van der Waals surface area contributed by atoms with Crippen molar-refractivity contribution in [1.29, 1.82) is 0 Å². The molecule has 2 rings (SSSR count). The van der Waals surface area contributed by atoms with Crippen molar-refractivity contribution in [3.05, 3.63) is 53.9 Å². The van der Waals surface area contributed by atoms with Crippen molar-refractivity contribution in [3.63, 3.8) is 0 Å². The van der Waals surface area contributed by atoms with Gasteiger partial charge in [0.1, 0.15) is 18.2 Å². The molecule has 0 aliphatic heterocycles. The third-order valence-electron chi connectivity index (χ3n) is 3.33. The highest BCUT2D eigenvalue weighted by Gasteiger charge is 2.12. The molecule has 0 spiro atoms. The van der Waals surface area contributed by atoms with Gasteiger partial charge in [0.25, 0.3) is 0 Å². The average Bonchev–Trinajstić information content (AvgIpc) is 3.00. The van der Waals surface area contributed by atoms with E-state index in [0.29, 0.717) is 19.0 Å². The van der Waals surface area contributed by atoms with Crippen LogP contribution in [0.25, 0.3) is 0 Å². The summed E-state index contributed by atoms with van der Waals surface area (Å²) < 4.78 is 39.7. The van der Waals surface area contributed by atoms with E-state index in [2.05, 4.69) is 15.3 Å². The second-order valence-corrected chi connectivity index (χ2v) is 5.18. The predicted octanol–water partition coefficient (Wildman–Crippen LogP) is 3.63. The molecule has 0 saturated heterocycles. The molecule has 0 saturated carbocycles. The van der Waals surface area contributed by atoms with E-state index in [1.807, 2.05) is 13.0 Å². The monoisotopic (exact) mass is 467 g/mol. The van der Waals surface area contributed by atoms with Gasteiger partial charge in [-0.3, -0.25) is 4.57 Å². The van der Waals surface area contributed by atoms with Gasteiger partial charge < -0.3 is 10.2 Å². The lowest BCUT2D eigenvalue weighted by Crippen LogP contribution is -2.38. The Bertz CT molecular complexity index is 690. The normalized spacial score (nSPS) is 11.4. The minimum absolute atomic E-state index is 0. The number of benzene rings is 1. The van der Waals surface area contributed by atoms with E-state index in [0.717, 1.165) is 10.1 Å². The van der Waals surface area contributed by atoms with Crippen molar-refractivity contribution in [2.75, 3.05) is 13.6 Å². The highest BCUT2D eigenvalue weighted by Crippen LogP contribution is 2.13. The molecule has 1 N–H and O–H groups in total. The molecule has 0 fully saturated rings. The van der Waals surface area contributed by atoms with Gasteiger partial charge in [0, 0.05) is 32.5 Å². The molecule has 0 atom stereocenters. The minimum atomic E-state index is -2.65. The molecule has 0 aliphatic carbocycles. The third kappa shape index (κ3) is 6.22. The molecular weight excluding hydrogens is 446 g/mol. The Labute approximate surface area is 162 Å². The molecule has 0 amide bonds. The quantitative estimate of drug-likeness (QED) is 0.401. The van der Waals surface area contributed by atoms with Crippen LogP contribution in [0.5, 0.6) is 0 Å². The molecule has 5 nitrogen and oxygen atoms in total. The molecule has 0 radical (unpaired) electrons. The van der Waals surface area contributed by atoms with E-state index in [9.17, 15) is 13.2 Å². The maximum Gasteiger partial charge on any atom is 0.319 e. The molecule has 0 unspecified atom stereocenters. The van der Waals surface area contributed by atoms with E-state index in [1.54, 1.807) is 18.0 Å². The van der Waals surface area contributed by atoms with Crippen LogP contribution in [0.4, 0.5) is 13.2 Å². The number of aromatic nitrogens is 2. The topological polar surface area (TPSA) is 45.5 Å². The number of hydrogen-bond donors (Lipinski definition) is 1. The summed E-state index contributed by atoms with van der Waals surface area (Å²) in [5.74, 6) is 0.409. The maximum absolute atomic E-state index is 13.3. The fourth-order valence-corrected chi connectivity index (χ4v) is 2.24. The third-order valence-corrected chi connectivity index (χ3v) is 3.33. The first-order chi connectivity index (χ1) is 11.5. The molecular formula is C16H21F3IN5. The fraction of sp³-hybridized carbons (Fsp3) is 0.375. The number of nitrogens with one attached hydrogen (secondary N) is 1. The number of alkyl halides is 2. The van der Waals surface area contributed by atoms with Gasteiger partial charge >= 0.3 is 6.55 Å². The number of imidazole rings is 1. The van der Waals surface area contributed by atoms with E-state index >= 15 is 0 Å². The second kappa shape index (κ2) is 10.3. The summed E-state index contributed by atoms with van der Waals surface area (Å²) in [5.41, 5.74) is 0.789. The summed E-state index contributed by atoms with van der Waals surface area (Å²) in [7, 11) is 1.80. The van der Waals surface area contributed by atoms with Crippen LogP contribution in [0.2, 0.25) is 0 Å². The van der Waals surface area contributed by atoms with Crippen LogP contribution in [0.3, 0.4) is 0 Å². The van der Waals surface area contributed by atoms with Crippen LogP contribution in [-0.2, 0) is 13.1 Å². The van der Waals surface area contributed by atoms with Gasteiger partial charge in [-0.1, -0.05) is 12.1 Å². The molecule has 2 aromatic rings. The Balaban J connectivity index is 0.00000312. The van der Waals surface area contributed by atoms with E-state index in [1.165, 1.54) is 24.5 Å². The molecule has 25 heavy (non-hydrogen) atoms. The van der Waals surface area contributed by atoms with Gasteiger partial charge in [0.2, 0.25) is 0 Å². The number of aliphatic imine (C=N–C) groups is 1. The molecule has 138 valence electrons. The summed E-state index contributed by atoms with van der Waals surface area (Å²) in [6, 6.07) is 6.28. The Morgan fingerprint density at radius 1 is 1.40 bits per heavy atom. The van der Waals surface area contributed by atoms with Crippen LogP contribution in [0.15, 0.2) is 41.7 Å². The maximum atomic E-state index is 13.3. The van der Waals surface area contributed by atoms with Crippen molar-refractivity contribution in [2.24, 2.45) is 4.99 Å². The van der Waals surface area contributed by atoms with Crippen molar-refractivity contribution < 1.29 is 13.2 Å². The highest BCUT2D eigenvalue weighted by molar-refractivity contribution is 14.0. The number of nitrogens with zero attached hydrogens (tertiary/aromatic N) is 4. The van der Waals surface area contributed by atoms with Crippen LogP contribution in [-0.4, -0.2) is 34.0 Å². The summed E-state index contributed by atoms with van der Waals surface area (Å²) in [6.45, 7) is 0.340. The molecule has 0 aliphatic rings. The van der Waals surface area contributed by atoms with E-state index < -0.39 is 6.55 Å². The van der Waals surface area contributed by atoms with Gasteiger partial charge in [0.05, 0.1) is 0 Å². The second-order valence-electron chi connectivity index (χ2n) is 5.18.